The van der Waals surface area contributed by atoms with E-state index in [0.717, 1.165) is 11.3 Å². The smallest absolute Gasteiger partial charge is 0.299 e. The average molecular weight is 597 g/mol. The molecule has 0 saturated heterocycles. The van der Waals surface area contributed by atoms with Crippen LogP contribution in [-0.2, 0) is 20.9 Å². The number of aromatic nitrogens is 1. The summed E-state index contributed by atoms with van der Waals surface area (Å²) in [6, 6.07) is 20.4. The number of fused-ring (bicyclic) bond motifs is 2. The number of ketones is 1. The van der Waals surface area contributed by atoms with Crippen molar-refractivity contribution < 1.29 is 28.7 Å². The van der Waals surface area contributed by atoms with Gasteiger partial charge in [-0.3, -0.25) is 24.1 Å². The third kappa shape index (κ3) is 5.59. The van der Waals surface area contributed by atoms with Gasteiger partial charge in [0.25, 0.3) is 11.7 Å². The molecule has 1 aromatic heterocycles. The van der Waals surface area contributed by atoms with Gasteiger partial charge in [0.05, 0.1) is 23.5 Å². The molecule has 1 atom stereocenters. The van der Waals surface area contributed by atoms with Gasteiger partial charge < -0.3 is 19.7 Å². The van der Waals surface area contributed by atoms with Crippen molar-refractivity contribution in [2.75, 3.05) is 23.6 Å². The summed E-state index contributed by atoms with van der Waals surface area (Å²) in [5, 5.41) is 5.44. The molecule has 0 bridgehead atoms. The molecular weight excluding hydrogens is 568 g/mol. The maximum absolute atomic E-state index is 14.1. The largest absolute Gasteiger partial charge is 0.454 e. The van der Waals surface area contributed by atoms with Gasteiger partial charge in [0.1, 0.15) is 17.6 Å². The number of carbonyl (C=O) groups excluding carboxylic acids is 4. The van der Waals surface area contributed by atoms with Gasteiger partial charge in [-0.2, -0.15) is 0 Å². The average Bonchev–Trinajstić information content (AvgIpc) is 3.73. The van der Waals surface area contributed by atoms with Gasteiger partial charge in [-0.25, -0.2) is 4.98 Å². The number of hydrogen-bond donors (Lipinski definition) is 1. The molecule has 0 unspecified atom stereocenters. The molecule has 0 fully saturated rings. The van der Waals surface area contributed by atoms with Gasteiger partial charge in [-0.05, 0) is 30.2 Å². The lowest BCUT2D eigenvalue weighted by atomic mass is 10.0. The summed E-state index contributed by atoms with van der Waals surface area (Å²) in [7, 11) is 0. The SMILES string of the molecule is CC(C)[C@H](C(=O)Nc1ccc2c(c1)OCO2)N(Cc1nc(-c2ccccc2)cs1)C(=O)CN1C(=O)C(=O)c2ccccc21. The Hall–Kier alpha value is -5.03. The summed E-state index contributed by atoms with van der Waals surface area (Å²) >= 11 is 1.38. The molecule has 3 amide bonds. The Morgan fingerprint density at radius 1 is 1.00 bits per heavy atom. The van der Waals surface area contributed by atoms with Crippen LogP contribution >= 0.6 is 11.3 Å². The first-order chi connectivity index (χ1) is 20.8. The van der Waals surface area contributed by atoms with Crippen molar-refractivity contribution in [3.63, 3.8) is 0 Å². The molecule has 0 aliphatic carbocycles. The molecule has 10 nitrogen and oxygen atoms in total. The maximum Gasteiger partial charge on any atom is 0.299 e. The van der Waals surface area contributed by atoms with Crippen LogP contribution in [0.15, 0.2) is 78.2 Å². The Morgan fingerprint density at radius 2 is 1.74 bits per heavy atom. The van der Waals surface area contributed by atoms with Crippen molar-refractivity contribution in [1.29, 1.82) is 0 Å². The monoisotopic (exact) mass is 596 g/mol. The molecule has 11 heteroatoms. The molecule has 1 N–H and O–H groups in total. The molecule has 0 radical (unpaired) electrons. The molecule has 3 aromatic carbocycles. The molecule has 218 valence electrons. The number of hydrogen-bond acceptors (Lipinski definition) is 8. The molecule has 43 heavy (non-hydrogen) atoms. The summed E-state index contributed by atoms with van der Waals surface area (Å²) < 4.78 is 10.8. The molecule has 6 rings (SSSR count). The van der Waals surface area contributed by atoms with Crippen LogP contribution in [0.5, 0.6) is 11.5 Å². The topological polar surface area (TPSA) is 118 Å². The standard InChI is InChI=1S/C32H28N4O6S/c1-19(2)29(31(39)33-21-12-13-25-26(14-21)42-18-41-25)36(15-27-34-23(17-43-27)20-8-4-3-5-9-20)28(37)16-35-24-11-7-6-10-22(24)30(38)32(35)40/h3-14,17,19,29H,15-16,18H2,1-2H3,(H,33,39)/t29-/m1/s1. The lowest BCUT2D eigenvalue weighted by Crippen LogP contribution is -2.53. The van der Waals surface area contributed by atoms with E-state index in [1.54, 1.807) is 42.5 Å². The fourth-order valence-corrected chi connectivity index (χ4v) is 6.04. The normalized spacial score (nSPS) is 14.2. The van der Waals surface area contributed by atoms with Crippen LogP contribution < -0.4 is 19.7 Å². The van der Waals surface area contributed by atoms with Crippen LogP contribution in [0, 0.1) is 5.92 Å². The van der Waals surface area contributed by atoms with Crippen molar-refractivity contribution in [2.45, 2.75) is 26.4 Å². The second-order valence-corrected chi connectivity index (χ2v) is 11.4. The number of thiazole rings is 1. The van der Waals surface area contributed by atoms with E-state index in [2.05, 4.69) is 5.32 Å². The molecular formula is C32H28N4O6S. The minimum atomic E-state index is -0.925. The van der Waals surface area contributed by atoms with E-state index in [-0.39, 0.29) is 24.8 Å². The Bertz CT molecular complexity index is 1720. The zero-order chi connectivity index (χ0) is 30.1. The predicted molar refractivity (Wildman–Crippen MR) is 161 cm³/mol. The van der Waals surface area contributed by atoms with Crippen molar-refractivity contribution in [1.82, 2.24) is 9.88 Å². The van der Waals surface area contributed by atoms with Crippen molar-refractivity contribution in [2.24, 2.45) is 5.92 Å². The second-order valence-electron chi connectivity index (χ2n) is 10.5. The molecule has 4 aromatic rings. The predicted octanol–water partition coefficient (Wildman–Crippen LogP) is 4.76. The lowest BCUT2D eigenvalue weighted by Gasteiger charge is -2.34. The number of para-hydroxylation sites is 1. The molecule has 2 aliphatic rings. The quantitative estimate of drug-likeness (QED) is 0.277. The van der Waals surface area contributed by atoms with E-state index in [4.69, 9.17) is 14.5 Å². The summed E-state index contributed by atoms with van der Waals surface area (Å²) in [5.41, 5.74) is 2.80. The van der Waals surface area contributed by atoms with Gasteiger partial charge in [-0.1, -0.05) is 56.3 Å². The van der Waals surface area contributed by atoms with Crippen molar-refractivity contribution in [3.05, 3.63) is 88.7 Å². The minimum Gasteiger partial charge on any atom is -0.454 e. The molecule has 2 aliphatic heterocycles. The summed E-state index contributed by atoms with van der Waals surface area (Å²) in [6.45, 7) is 3.43. The summed E-state index contributed by atoms with van der Waals surface area (Å²) in [4.78, 5) is 60.8. The number of carbonyl (C=O) groups is 4. The Labute approximate surface area is 251 Å². The highest BCUT2D eigenvalue weighted by atomic mass is 32.1. The first-order valence-electron chi connectivity index (χ1n) is 13.7. The van der Waals surface area contributed by atoms with E-state index in [9.17, 15) is 19.2 Å². The number of amides is 3. The minimum absolute atomic E-state index is 0.0331. The third-order valence-corrected chi connectivity index (χ3v) is 8.13. The van der Waals surface area contributed by atoms with E-state index in [1.165, 1.54) is 21.1 Å². The Kier molecular flexibility index (Phi) is 7.64. The van der Waals surface area contributed by atoms with E-state index >= 15 is 0 Å². The van der Waals surface area contributed by atoms with Crippen molar-refractivity contribution in [3.8, 4) is 22.8 Å². The van der Waals surface area contributed by atoms with Gasteiger partial charge in [0.15, 0.2) is 11.5 Å². The highest BCUT2D eigenvalue weighted by Gasteiger charge is 2.40. The third-order valence-electron chi connectivity index (χ3n) is 7.30. The first kappa shape index (κ1) is 28.1. The highest BCUT2D eigenvalue weighted by molar-refractivity contribution is 7.09. The number of ether oxygens (including phenoxy) is 2. The van der Waals surface area contributed by atoms with Crippen LogP contribution in [0.25, 0.3) is 11.3 Å². The first-order valence-corrected chi connectivity index (χ1v) is 14.6. The van der Waals surface area contributed by atoms with Crippen molar-refractivity contribution >= 4 is 46.2 Å². The number of rotatable bonds is 9. The van der Waals surface area contributed by atoms with Gasteiger partial charge >= 0.3 is 0 Å². The van der Waals surface area contributed by atoms with Crippen LogP contribution in [0.4, 0.5) is 11.4 Å². The second kappa shape index (κ2) is 11.7. The number of anilines is 2. The zero-order valence-corrected chi connectivity index (χ0v) is 24.3. The van der Waals surface area contributed by atoms with E-state index < -0.39 is 36.1 Å². The van der Waals surface area contributed by atoms with Gasteiger partial charge in [-0.15, -0.1) is 11.3 Å². The maximum atomic E-state index is 14.1. The van der Waals surface area contributed by atoms with Crippen LogP contribution in [-0.4, -0.2) is 52.8 Å². The van der Waals surface area contributed by atoms with Crippen LogP contribution in [0.2, 0.25) is 0 Å². The van der Waals surface area contributed by atoms with E-state index in [0.29, 0.717) is 27.9 Å². The van der Waals surface area contributed by atoms with Gasteiger partial charge in [0, 0.05) is 22.7 Å². The summed E-state index contributed by atoms with van der Waals surface area (Å²) in [5.74, 6) is -1.56. The molecule has 0 spiro atoms. The van der Waals surface area contributed by atoms with E-state index in [1.807, 2.05) is 49.6 Å². The zero-order valence-electron chi connectivity index (χ0n) is 23.5. The number of benzene rings is 3. The fourth-order valence-electron chi connectivity index (χ4n) is 5.24. The molecule has 3 heterocycles. The lowest BCUT2D eigenvalue weighted by molar-refractivity contribution is -0.140. The summed E-state index contributed by atoms with van der Waals surface area (Å²) in [6.07, 6.45) is 0. The van der Waals surface area contributed by atoms with Crippen LogP contribution in [0.1, 0.15) is 29.2 Å². The number of Topliss-reactive ketones (excluding diaryl/α,β-unsaturated/α-hetero) is 1. The fraction of sp³-hybridized carbons (Fsp3) is 0.219. The Morgan fingerprint density at radius 3 is 2.53 bits per heavy atom. The number of nitrogens with zero attached hydrogens (tertiary/aromatic N) is 3. The number of nitrogens with one attached hydrogen (secondary N) is 1. The molecule has 0 saturated carbocycles. The van der Waals surface area contributed by atoms with Crippen LogP contribution in [0.3, 0.4) is 0 Å². The Balaban J connectivity index is 1.31. The van der Waals surface area contributed by atoms with Gasteiger partial charge in [0.2, 0.25) is 18.6 Å². The highest BCUT2D eigenvalue weighted by Crippen LogP contribution is 2.35.